The maximum absolute atomic E-state index is 6.26. The van der Waals surface area contributed by atoms with Crippen molar-refractivity contribution in [2.24, 2.45) is 5.73 Å². The van der Waals surface area contributed by atoms with Crippen molar-refractivity contribution < 1.29 is 4.52 Å². The molecule has 2 N–H and O–H groups in total. The molecule has 0 atom stereocenters. The van der Waals surface area contributed by atoms with Crippen LogP contribution in [0, 0.1) is 6.92 Å². The molecule has 0 radical (unpaired) electrons. The average Bonchev–Trinajstić information content (AvgIpc) is 2.99. The Bertz CT molecular complexity index is 542. The highest BCUT2D eigenvalue weighted by Crippen LogP contribution is 2.35. The molecule has 1 fully saturated rings. The zero-order valence-electron chi connectivity index (χ0n) is 10.3. The van der Waals surface area contributed by atoms with Crippen LogP contribution in [0.4, 0.5) is 0 Å². The molecule has 2 aromatic heterocycles. The van der Waals surface area contributed by atoms with Crippen LogP contribution in [-0.2, 0) is 5.54 Å². The van der Waals surface area contributed by atoms with E-state index in [2.05, 4.69) is 20.1 Å². The maximum atomic E-state index is 6.26. The molecule has 0 amide bonds. The Morgan fingerprint density at radius 2 is 1.83 bits per heavy atom. The molecule has 0 aromatic carbocycles. The topological polar surface area (TPSA) is 90.7 Å². The second-order valence-electron chi connectivity index (χ2n) is 4.87. The van der Waals surface area contributed by atoms with E-state index in [0.717, 1.165) is 31.2 Å². The molecule has 0 aliphatic heterocycles. The zero-order chi connectivity index (χ0) is 12.6. The van der Waals surface area contributed by atoms with E-state index >= 15 is 0 Å². The van der Waals surface area contributed by atoms with E-state index in [9.17, 15) is 0 Å². The lowest BCUT2D eigenvalue weighted by Gasteiger charge is -2.16. The molecular weight excluding hydrogens is 230 g/mol. The zero-order valence-corrected chi connectivity index (χ0v) is 10.3. The molecule has 94 valence electrons. The van der Waals surface area contributed by atoms with Crippen molar-refractivity contribution in [3.8, 4) is 11.6 Å². The lowest BCUT2D eigenvalue weighted by atomic mass is 9.99. The predicted molar refractivity (Wildman–Crippen MR) is 64.4 cm³/mol. The Labute approximate surface area is 105 Å². The minimum Gasteiger partial charge on any atom is -0.337 e. The summed E-state index contributed by atoms with van der Waals surface area (Å²) in [6.07, 6.45) is 7.45. The third-order valence-corrected chi connectivity index (χ3v) is 3.33. The predicted octanol–water partition coefficient (Wildman–Crippen LogP) is 1.56. The van der Waals surface area contributed by atoms with E-state index in [0.29, 0.717) is 17.5 Å². The van der Waals surface area contributed by atoms with Crippen molar-refractivity contribution in [2.45, 2.75) is 38.1 Å². The van der Waals surface area contributed by atoms with Crippen molar-refractivity contribution in [2.75, 3.05) is 0 Å². The molecule has 0 bridgehead atoms. The van der Waals surface area contributed by atoms with Gasteiger partial charge >= 0.3 is 0 Å². The fraction of sp³-hybridized carbons (Fsp3) is 0.500. The molecule has 18 heavy (non-hydrogen) atoms. The smallest absolute Gasteiger partial charge is 0.247 e. The lowest BCUT2D eigenvalue weighted by molar-refractivity contribution is 0.285. The molecule has 2 heterocycles. The van der Waals surface area contributed by atoms with Gasteiger partial charge in [-0.3, -0.25) is 0 Å². The highest BCUT2D eigenvalue weighted by molar-refractivity contribution is 5.41. The van der Waals surface area contributed by atoms with Gasteiger partial charge in [-0.2, -0.15) is 4.98 Å². The summed E-state index contributed by atoms with van der Waals surface area (Å²) in [6.45, 7) is 1.93. The number of hydrogen-bond donors (Lipinski definition) is 1. The van der Waals surface area contributed by atoms with Crippen LogP contribution in [0.1, 0.15) is 37.1 Å². The first-order chi connectivity index (χ1) is 8.67. The fourth-order valence-corrected chi connectivity index (χ4v) is 2.24. The quantitative estimate of drug-likeness (QED) is 0.863. The maximum Gasteiger partial charge on any atom is 0.247 e. The molecule has 0 spiro atoms. The SMILES string of the molecule is Cc1cnc(-c2noc(C3(N)CCCC3)n2)nc1. The van der Waals surface area contributed by atoms with E-state index in [4.69, 9.17) is 10.3 Å². The average molecular weight is 245 g/mol. The summed E-state index contributed by atoms with van der Waals surface area (Å²) in [5.74, 6) is 1.37. The Morgan fingerprint density at radius 3 is 2.50 bits per heavy atom. The number of aryl methyl sites for hydroxylation is 1. The molecule has 1 aliphatic carbocycles. The van der Waals surface area contributed by atoms with Gasteiger partial charge in [-0.15, -0.1) is 0 Å². The van der Waals surface area contributed by atoms with Crippen molar-refractivity contribution >= 4 is 0 Å². The van der Waals surface area contributed by atoms with Crippen molar-refractivity contribution in [3.63, 3.8) is 0 Å². The Kier molecular flexibility index (Phi) is 2.59. The first-order valence-corrected chi connectivity index (χ1v) is 6.09. The molecule has 1 saturated carbocycles. The molecule has 6 heteroatoms. The minimum absolute atomic E-state index is 0.404. The molecule has 0 saturated heterocycles. The van der Waals surface area contributed by atoms with Crippen LogP contribution < -0.4 is 5.73 Å². The van der Waals surface area contributed by atoms with Crippen LogP contribution in [0.25, 0.3) is 11.6 Å². The van der Waals surface area contributed by atoms with Crippen LogP contribution in [0.2, 0.25) is 0 Å². The summed E-state index contributed by atoms with van der Waals surface area (Å²) in [6, 6.07) is 0. The van der Waals surface area contributed by atoms with Crippen molar-refractivity contribution in [1.82, 2.24) is 20.1 Å². The van der Waals surface area contributed by atoms with Gasteiger partial charge in [0.15, 0.2) is 0 Å². The summed E-state index contributed by atoms with van der Waals surface area (Å²) in [5.41, 5.74) is 6.79. The van der Waals surface area contributed by atoms with Crippen LogP contribution in [0.5, 0.6) is 0 Å². The standard InChI is InChI=1S/C12H15N5O/c1-8-6-14-9(15-7-8)10-16-11(18-17-10)12(13)4-2-3-5-12/h6-7H,2-5,13H2,1H3. The van der Waals surface area contributed by atoms with E-state index < -0.39 is 5.54 Å². The Balaban J connectivity index is 1.91. The lowest BCUT2D eigenvalue weighted by Crippen LogP contribution is -2.33. The van der Waals surface area contributed by atoms with Crippen molar-refractivity contribution in [1.29, 1.82) is 0 Å². The van der Waals surface area contributed by atoms with E-state index in [-0.39, 0.29) is 0 Å². The monoisotopic (exact) mass is 245 g/mol. The van der Waals surface area contributed by atoms with Gasteiger partial charge in [-0.25, -0.2) is 9.97 Å². The van der Waals surface area contributed by atoms with E-state index in [1.165, 1.54) is 0 Å². The van der Waals surface area contributed by atoms with Crippen molar-refractivity contribution in [3.05, 3.63) is 23.8 Å². The fourth-order valence-electron chi connectivity index (χ4n) is 2.24. The van der Waals surface area contributed by atoms with Crippen LogP contribution in [0.15, 0.2) is 16.9 Å². The van der Waals surface area contributed by atoms with Gasteiger partial charge in [-0.05, 0) is 25.3 Å². The number of aromatic nitrogens is 4. The largest absolute Gasteiger partial charge is 0.337 e. The van der Waals surface area contributed by atoms with Gasteiger partial charge in [0, 0.05) is 12.4 Å². The third-order valence-electron chi connectivity index (χ3n) is 3.33. The Hall–Kier alpha value is -1.82. The summed E-state index contributed by atoms with van der Waals surface area (Å²) in [7, 11) is 0. The first-order valence-electron chi connectivity index (χ1n) is 6.09. The van der Waals surface area contributed by atoms with Gasteiger partial charge < -0.3 is 10.3 Å². The van der Waals surface area contributed by atoms with Gasteiger partial charge in [0.05, 0.1) is 5.54 Å². The number of nitrogens with zero attached hydrogens (tertiary/aromatic N) is 4. The van der Waals surface area contributed by atoms with Gasteiger partial charge in [-0.1, -0.05) is 18.0 Å². The van der Waals surface area contributed by atoms with E-state index in [1.807, 2.05) is 6.92 Å². The number of nitrogens with two attached hydrogens (primary N) is 1. The van der Waals surface area contributed by atoms with Gasteiger partial charge in [0.25, 0.3) is 0 Å². The molecule has 1 aliphatic rings. The van der Waals surface area contributed by atoms with Crippen LogP contribution in [0.3, 0.4) is 0 Å². The number of hydrogen-bond acceptors (Lipinski definition) is 6. The second-order valence-corrected chi connectivity index (χ2v) is 4.87. The molecule has 3 rings (SSSR count). The third kappa shape index (κ3) is 1.88. The normalized spacial score (nSPS) is 18.1. The van der Waals surface area contributed by atoms with Gasteiger partial charge in [0.1, 0.15) is 0 Å². The van der Waals surface area contributed by atoms with Crippen LogP contribution >= 0.6 is 0 Å². The molecule has 6 nitrogen and oxygen atoms in total. The number of rotatable bonds is 2. The second kappa shape index (κ2) is 4.13. The summed E-state index contributed by atoms with van der Waals surface area (Å²) in [4.78, 5) is 12.7. The highest BCUT2D eigenvalue weighted by Gasteiger charge is 2.37. The van der Waals surface area contributed by atoms with Gasteiger partial charge in [0.2, 0.25) is 17.5 Å². The summed E-state index contributed by atoms with van der Waals surface area (Å²) >= 11 is 0. The first kappa shape index (κ1) is 11.3. The molecule has 2 aromatic rings. The van der Waals surface area contributed by atoms with E-state index in [1.54, 1.807) is 12.4 Å². The summed E-state index contributed by atoms with van der Waals surface area (Å²) in [5, 5.41) is 3.91. The molecule has 0 unspecified atom stereocenters. The Morgan fingerprint density at radius 1 is 1.17 bits per heavy atom. The summed E-state index contributed by atoms with van der Waals surface area (Å²) < 4.78 is 5.27. The molecular formula is C12H15N5O. The minimum atomic E-state index is -0.462. The van der Waals surface area contributed by atoms with Crippen LogP contribution in [-0.4, -0.2) is 20.1 Å². The highest BCUT2D eigenvalue weighted by atomic mass is 16.5.